The van der Waals surface area contributed by atoms with E-state index in [-0.39, 0.29) is 17.1 Å². The summed E-state index contributed by atoms with van der Waals surface area (Å²) in [6.45, 7) is 0. The van der Waals surface area contributed by atoms with E-state index in [1.165, 1.54) is 12.3 Å². The van der Waals surface area contributed by atoms with Gasteiger partial charge in [0.2, 0.25) is 0 Å². The minimum absolute atomic E-state index is 0.00672. The van der Waals surface area contributed by atoms with Crippen LogP contribution in [0.4, 0.5) is 24.7 Å². The van der Waals surface area contributed by atoms with E-state index in [1.807, 2.05) is 0 Å². The Bertz CT molecular complexity index is 674. The highest BCUT2D eigenvalue weighted by Gasteiger charge is 2.32. The van der Waals surface area contributed by atoms with E-state index in [4.69, 9.17) is 5.11 Å². The fourth-order valence-corrected chi connectivity index (χ4v) is 1.81. The molecular weight excluding hydrogens is 355 g/mol. The van der Waals surface area contributed by atoms with Crippen LogP contribution in [0.3, 0.4) is 0 Å². The molecule has 0 aliphatic rings. The molecule has 0 amide bonds. The van der Waals surface area contributed by atoms with Crippen molar-refractivity contribution in [1.82, 2.24) is 9.97 Å². The van der Waals surface area contributed by atoms with Gasteiger partial charge >= 0.3 is 12.1 Å². The Morgan fingerprint density at radius 1 is 1.24 bits per heavy atom. The number of anilines is 2. The van der Waals surface area contributed by atoms with Gasteiger partial charge in [0.25, 0.3) is 0 Å². The van der Waals surface area contributed by atoms with Gasteiger partial charge in [0.05, 0.1) is 11.9 Å². The molecule has 21 heavy (non-hydrogen) atoms. The van der Waals surface area contributed by atoms with E-state index in [9.17, 15) is 18.0 Å². The first-order valence-electron chi connectivity index (χ1n) is 5.46. The van der Waals surface area contributed by atoms with Gasteiger partial charge in [-0.2, -0.15) is 13.2 Å². The average molecular weight is 362 g/mol. The molecule has 0 fully saturated rings. The van der Waals surface area contributed by atoms with Crippen LogP contribution < -0.4 is 5.32 Å². The van der Waals surface area contributed by atoms with Gasteiger partial charge in [0.15, 0.2) is 0 Å². The van der Waals surface area contributed by atoms with Crippen molar-refractivity contribution in [3.05, 3.63) is 46.3 Å². The van der Waals surface area contributed by atoms with Gasteiger partial charge in [0.1, 0.15) is 17.1 Å². The molecule has 0 bridgehead atoms. The van der Waals surface area contributed by atoms with Gasteiger partial charge < -0.3 is 10.4 Å². The number of carbonyl (C=O) groups is 1. The molecule has 0 atom stereocenters. The first-order chi connectivity index (χ1) is 9.77. The van der Waals surface area contributed by atoms with E-state index >= 15 is 0 Å². The molecule has 0 radical (unpaired) electrons. The standard InChI is InChI=1S/C12H7BrF3N3O2/c13-6-3-8(11(20)21)10(18-4-6)19-7-1-2-9(17-5-7)12(14,15)16/h1-5H,(H,18,19)(H,20,21). The van der Waals surface area contributed by atoms with Gasteiger partial charge in [0, 0.05) is 10.7 Å². The molecule has 2 aromatic rings. The van der Waals surface area contributed by atoms with E-state index in [1.54, 1.807) is 0 Å². The number of hydrogen-bond donors (Lipinski definition) is 2. The predicted molar refractivity (Wildman–Crippen MR) is 71.4 cm³/mol. The zero-order valence-electron chi connectivity index (χ0n) is 10.1. The maximum atomic E-state index is 12.4. The van der Waals surface area contributed by atoms with Gasteiger partial charge in [-0.25, -0.2) is 14.8 Å². The smallest absolute Gasteiger partial charge is 0.433 e. The van der Waals surface area contributed by atoms with Crippen LogP contribution in [0, 0.1) is 0 Å². The van der Waals surface area contributed by atoms with Crippen LogP contribution in [0.2, 0.25) is 0 Å². The molecule has 2 rings (SSSR count). The first-order valence-corrected chi connectivity index (χ1v) is 6.26. The maximum Gasteiger partial charge on any atom is 0.433 e. The molecule has 0 saturated carbocycles. The third kappa shape index (κ3) is 3.69. The summed E-state index contributed by atoms with van der Waals surface area (Å²) in [5.74, 6) is -1.21. The topological polar surface area (TPSA) is 75.1 Å². The summed E-state index contributed by atoms with van der Waals surface area (Å²) in [5.41, 5.74) is -0.958. The van der Waals surface area contributed by atoms with Crippen LogP contribution in [-0.2, 0) is 6.18 Å². The largest absolute Gasteiger partial charge is 0.478 e. The number of alkyl halides is 3. The molecule has 2 heterocycles. The molecule has 5 nitrogen and oxygen atoms in total. The molecule has 0 aliphatic heterocycles. The van der Waals surface area contributed by atoms with E-state index in [2.05, 4.69) is 31.2 Å². The minimum atomic E-state index is -4.53. The number of carboxylic acid groups (broad SMARTS) is 1. The van der Waals surface area contributed by atoms with Gasteiger partial charge in [-0.05, 0) is 34.1 Å². The number of pyridine rings is 2. The Morgan fingerprint density at radius 3 is 2.48 bits per heavy atom. The van der Waals surface area contributed by atoms with Gasteiger partial charge in [-0.3, -0.25) is 0 Å². The Balaban J connectivity index is 2.28. The summed E-state index contributed by atoms with van der Waals surface area (Å²) in [5, 5.41) is 11.7. The van der Waals surface area contributed by atoms with Crippen LogP contribution in [0.25, 0.3) is 0 Å². The molecule has 0 saturated heterocycles. The molecule has 110 valence electrons. The molecule has 2 N–H and O–H groups in total. The van der Waals surface area contributed by atoms with Crippen molar-refractivity contribution in [3.63, 3.8) is 0 Å². The lowest BCUT2D eigenvalue weighted by Crippen LogP contribution is -2.08. The Hall–Kier alpha value is -2.16. The number of hydrogen-bond acceptors (Lipinski definition) is 4. The molecule has 0 unspecified atom stereocenters. The van der Waals surface area contributed by atoms with Crippen LogP contribution in [0.1, 0.15) is 16.1 Å². The summed E-state index contributed by atoms with van der Waals surface area (Å²) in [6.07, 6.45) is -2.20. The van der Waals surface area contributed by atoms with Crippen LogP contribution in [-0.4, -0.2) is 21.0 Å². The number of halogens is 4. The molecule has 0 aromatic carbocycles. The first kappa shape index (κ1) is 15.2. The van der Waals surface area contributed by atoms with Crippen LogP contribution >= 0.6 is 15.9 Å². The lowest BCUT2D eigenvalue weighted by atomic mass is 10.2. The second kappa shape index (κ2) is 5.68. The number of aromatic nitrogens is 2. The highest BCUT2D eigenvalue weighted by molar-refractivity contribution is 9.10. The van der Waals surface area contributed by atoms with Gasteiger partial charge in [-0.1, -0.05) is 0 Å². The predicted octanol–water partition coefficient (Wildman–Crippen LogP) is 3.70. The number of nitrogens with zero attached hydrogens (tertiary/aromatic N) is 2. The highest BCUT2D eigenvalue weighted by Crippen LogP contribution is 2.28. The number of rotatable bonds is 3. The summed E-state index contributed by atoms with van der Waals surface area (Å²) in [6, 6.07) is 3.27. The molecule has 0 spiro atoms. The monoisotopic (exact) mass is 361 g/mol. The summed E-state index contributed by atoms with van der Waals surface area (Å²) in [4.78, 5) is 18.2. The van der Waals surface area contributed by atoms with Crippen molar-refractivity contribution in [3.8, 4) is 0 Å². The molecule has 0 aliphatic carbocycles. The number of nitrogens with one attached hydrogen (secondary N) is 1. The van der Waals surface area contributed by atoms with Crippen LogP contribution in [0.5, 0.6) is 0 Å². The third-order valence-corrected chi connectivity index (χ3v) is 2.84. The summed E-state index contributed by atoms with van der Waals surface area (Å²) in [7, 11) is 0. The summed E-state index contributed by atoms with van der Waals surface area (Å²) < 4.78 is 37.6. The van der Waals surface area contributed by atoms with Crippen molar-refractivity contribution in [2.24, 2.45) is 0 Å². The Kier molecular flexibility index (Phi) is 4.12. The molecule has 2 aromatic heterocycles. The van der Waals surface area contributed by atoms with Crippen molar-refractivity contribution in [1.29, 1.82) is 0 Å². The molecular formula is C12H7BrF3N3O2. The van der Waals surface area contributed by atoms with Crippen molar-refractivity contribution in [2.75, 3.05) is 5.32 Å². The second-order valence-corrected chi connectivity index (χ2v) is 4.83. The zero-order valence-corrected chi connectivity index (χ0v) is 11.7. The van der Waals surface area contributed by atoms with Crippen molar-refractivity contribution < 1.29 is 23.1 Å². The van der Waals surface area contributed by atoms with E-state index < -0.39 is 17.8 Å². The lowest BCUT2D eigenvalue weighted by Gasteiger charge is -2.10. The third-order valence-electron chi connectivity index (χ3n) is 2.40. The average Bonchev–Trinajstić information content (AvgIpc) is 2.40. The highest BCUT2D eigenvalue weighted by atomic mass is 79.9. The van der Waals surface area contributed by atoms with E-state index in [0.717, 1.165) is 18.3 Å². The fraction of sp³-hybridized carbons (Fsp3) is 0.0833. The minimum Gasteiger partial charge on any atom is -0.478 e. The maximum absolute atomic E-state index is 12.4. The van der Waals surface area contributed by atoms with Crippen molar-refractivity contribution >= 4 is 33.4 Å². The normalized spacial score (nSPS) is 11.2. The SMILES string of the molecule is O=C(O)c1cc(Br)cnc1Nc1ccc(C(F)(F)F)nc1. The molecule has 9 heteroatoms. The Labute approximate surface area is 125 Å². The fourth-order valence-electron chi connectivity index (χ4n) is 1.47. The summed E-state index contributed by atoms with van der Waals surface area (Å²) >= 11 is 3.09. The van der Waals surface area contributed by atoms with Crippen molar-refractivity contribution in [2.45, 2.75) is 6.18 Å². The van der Waals surface area contributed by atoms with Crippen LogP contribution in [0.15, 0.2) is 35.1 Å². The Morgan fingerprint density at radius 2 is 1.95 bits per heavy atom. The zero-order chi connectivity index (χ0) is 15.6. The second-order valence-electron chi connectivity index (χ2n) is 3.91. The van der Waals surface area contributed by atoms with E-state index in [0.29, 0.717) is 4.47 Å². The lowest BCUT2D eigenvalue weighted by molar-refractivity contribution is -0.141. The quantitative estimate of drug-likeness (QED) is 0.871. The van der Waals surface area contributed by atoms with Gasteiger partial charge in [-0.15, -0.1) is 0 Å². The number of carboxylic acids is 1. The number of aromatic carboxylic acids is 1.